The third-order valence-electron chi connectivity index (χ3n) is 1.82. The number of carbonyl (C=O) groups is 1. The maximum Gasteiger partial charge on any atom is 0.339 e. The van der Waals surface area contributed by atoms with Gasteiger partial charge in [-0.3, -0.25) is 0 Å². The van der Waals surface area contributed by atoms with Gasteiger partial charge < -0.3 is 4.74 Å². The molecule has 0 aliphatic carbocycles. The summed E-state index contributed by atoms with van der Waals surface area (Å²) in [6, 6.07) is 5.01. The molecule has 0 N–H and O–H groups in total. The van der Waals surface area contributed by atoms with Crippen molar-refractivity contribution in [1.29, 1.82) is 5.26 Å². The zero-order chi connectivity index (χ0) is 10.7. The molecule has 0 atom stereocenters. The molecule has 3 nitrogen and oxygen atoms in total. The molecule has 0 unspecified atom stereocenters. The average Bonchev–Trinajstić information content (AvgIpc) is 2.15. The van der Waals surface area contributed by atoms with Crippen LogP contribution in [0.3, 0.4) is 0 Å². The number of methoxy groups -OCH3 is 1. The van der Waals surface area contributed by atoms with Gasteiger partial charge in [0.25, 0.3) is 0 Å². The second-order valence-electron chi connectivity index (χ2n) is 2.75. The summed E-state index contributed by atoms with van der Waals surface area (Å²) in [7, 11) is 1.26. The minimum atomic E-state index is -0.549. The molecule has 1 rings (SSSR count). The van der Waals surface area contributed by atoms with Crippen LogP contribution in [0, 0.1) is 18.3 Å². The number of benzene rings is 1. The number of rotatable bonds is 1. The summed E-state index contributed by atoms with van der Waals surface area (Å²) in [6.45, 7) is 1.72. The number of esters is 1. The number of ether oxygens (including phenoxy) is 1. The van der Waals surface area contributed by atoms with Crippen LogP contribution in [-0.4, -0.2) is 13.1 Å². The molecule has 0 saturated carbocycles. The van der Waals surface area contributed by atoms with Gasteiger partial charge in [-0.15, -0.1) is 0 Å². The third-order valence-corrected chi connectivity index (χ3v) is 2.04. The number of nitriles is 1. The molecule has 4 heteroatoms. The Balaban J connectivity index is 3.41. The van der Waals surface area contributed by atoms with E-state index in [1.165, 1.54) is 13.2 Å². The van der Waals surface area contributed by atoms with Gasteiger partial charge in [0.05, 0.1) is 18.2 Å². The van der Waals surface area contributed by atoms with Crippen LogP contribution in [0.15, 0.2) is 12.1 Å². The van der Waals surface area contributed by atoms with Crippen molar-refractivity contribution in [1.82, 2.24) is 0 Å². The van der Waals surface area contributed by atoms with E-state index >= 15 is 0 Å². The Labute approximate surface area is 86.9 Å². The molecule has 0 radical (unpaired) electrons. The Hall–Kier alpha value is -1.53. The minimum Gasteiger partial charge on any atom is -0.465 e. The molecule has 0 amide bonds. The number of halogens is 1. The molecule has 1 aromatic rings. The highest BCUT2D eigenvalue weighted by atomic mass is 35.5. The largest absolute Gasteiger partial charge is 0.465 e. The summed E-state index contributed by atoms with van der Waals surface area (Å²) >= 11 is 5.76. The zero-order valence-corrected chi connectivity index (χ0v) is 8.55. The second kappa shape index (κ2) is 4.12. The highest BCUT2D eigenvalue weighted by molar-refractivity contribution is 6.31. The minimum absolute atomic E-state index is 0.208. The van der Waals surface area contributed by atoms with E-state index in [9.17, 15) is 4.79 Å². The van der Waals surface area contributed by atoms with E-state index < -0.39 is 5.97 Å². The van der Waals surface area contributed by atoms with E-state index in [0.717, 1.165) is 0 Å². The Bertz CT molecular complexity index is 421. The predicted octanol–water partition coefficient (Wildman–Crippen LogP) is 2.31. The third kappa shape index (κ3) is 1.86. The van der Waals surface area contributed by atoms with Crippen LogP contribution in [0.2, 0.25) is 5.02 Å². The van der Waals surface area contributed by atoms with Gasteiger partial charge in [-0.2, -0.15) is 5.26 Å². The van der Waals surface area contributed by atoms with Crippen molar-refractivity contribution < 1.29 is 9.53 Å². The zero-order valence-electron chi connectivity index (χ0n) is 7.80. The fourth-order valence-corrected chi connectivity index (χ4v) is 1.44. The molecule has 0 saturated heterocycles. The van der Waals surface area contributed by atoms with Crippen LogP contribution < -0.4 is 0 Å². The smallest absolute Gasteiger partial charge is 0.339 e. The first-order valence-corrected chi connectivity index (χ1v) is 4.26. The van der Waals surface area contributed by atoms with Crippen molar-refractivity contribution in [2.45, 2.75) is 6.92 Å². The summed E-state index contributed by atoms with van der Waals surface area (Å²) < 4.78 is 4.54. The highest BCUT2D eigenvalue weighted by Gasteiger charge is 2.14. The van der Waals surface area contributed by atoms with Crippen molar-refractivity contribution in [2.75, 3.05) is 7.11 Å². The fraction of sp³-hybridized carbons (Fsp3) is 0.200. The van der Waals surface area contributed by atoms with E-state index in [4.69, 9.17) is 16.9 Å². The summed E-state index contributed by atoms with van der Waals surface area (Å²) in [4.78, 5) is 11.3. The summed E-state index contributed by atoms with van der Waals surface area (Å²) in [6.07, 6.45) is 0. The molecular weight excluding hydrogens is 202 g/mol. The van der Waals surface area contributed by atoms with Gasteiger partial charge in [-0.1, -0.05) is 11.6 Å². The summed E-state index contributed by atoms with van der Waals surface area (Å²) in [5, 5.41) is 9.25. The first-order chi connectivity index (χ1) is 6.60. The lowest BCUT2D eigenvalue weighted by molar-refractivity contribution is 0.0600. The van der Waals surface area contributed by atoms with Crippen molar-refractivity contribution in [3.63, 3.8) is 0 Å². The molecule has 0 aliphatic rings. The molecule has 0 spiro atoms. The van der Waals surface area contributed by atoms with E-state index in [0.29, 0.717) is 16.1 Å². The number of aryl methyl sites for hydroxylation is 1. The number of hydrogen-bond donors (Lipinski definition) is 0. The van der Waals surface area contributed by atoms with Gasteiger partial charge in [0.2, 0.25) is 0 Å². The molecule has 0 fully saturated rings. The average molecular weight is 210 g/mol. The quantitative estimate of drug-likeness (QED) is 0.667. The molecule has 1 aromatic carbocycles. The fourth-order valence-electron chi connectivity index (χ4n) is 1.16. The molecule has 14 heavy (non-hydrogen) atoms. The van der Waals surface area contributed by atoms with E-state index in [-0.39, 0.29) is 5.56 Å². The lowest BCUT2D eigenvalue weighted by Crippen LogP contribution is -2.05. The number of nitrogens with zero attached hydrogens (tertiary/aromatic N) is 1. The summed E-state index contributed by atoms with van der Waals surface area (Å²) in [5.41, 5.74) is 1.18. The van der Waals surface area contributed by atoms with E-state index in [2.05, 4.69) is 4.74 Å². The van der Waals surface area contributed by atoms with Crippen LogP contribution in [0.5, 0.6) is 0 Å². The van der Waals surface area contributed by atoms with Crippen molar-refractivity contribution in [2.24, 2.45) is 0 Å². The number of hydrogen-bond acceptors (Lipinski definition) is 3. The monoisotopic (exact) mass is 209 g/mol. The van der Waals surface area contributed by atoms with Crippen molar-refractivity contribution in [3.05, 3.63) is 33.8 Å². The SMILES string of the molecule is COC(=O)c1cc(Cl)cc(C)c1C#N. The maximum atomic E-state index is 11.3. The van der Waals surface area contributed by atoms with Gasteiger partial charge in [0.15, 0.2) is 0 Å². The van der Waals surface area contributed by atoms with Crippen LogP contribution in [-0.2, 0) is 4.74 Å². The van der Waals surface area contributed by atoms with Gasteiger partial charge in [-0.25, -0.2) is 4.79 Å². The standard InChI is InChI=1S/C10H8ClNO2/c1-6-3-7(11)4-8(9(6)5-12)10(13)14-2/h3-4H,1-2H3. The van der Waals surface area contributed by atoms with Gasteiger partial charge in [-0.05, 0) is 24.6 Å². The highest BCUT2D eigenvalue weighted by Crippen LogP contribution is 2.20. The number of carbonyl (C=O) groups excluding carboxylic acids is 1. The molecule has 72 valence electrons. The van der Waals surface area contributed by atoms with Crippen LogP contribution in [0.25, 0.3) is 0 Å². The summed E-state index contributed by atoms with van der Waals surface area (Å²) in [5.74, 6) is -0.549. The lowest BCUT2D eigenvalue weighted by atomic mass is 10.0. The Morgan fingerprint density at radius 3 is 2.71 bits per heavy atom. The van der Waals surface area contributed by atoms with Gasteiger partial charge >= 0.3 is 5.97 Å². The first kappa shape index (κ1) is 10.6. The van der Waals surface area contributed by atoms with E-state index in [1.54, 1.807) is 13.0 Å². The van der Waals surface area contributed by atoms with Crippen molar-refractivity contribution >= 4 is 17.6 Å². The van der Waals surface area contributed by atoms with Crippen LogP contribution in [0.1, 0.15) is 21.5 Å². The Morgan fingerprint density at radius 1 is 1.57 bits per heavy atom. The molecule has 0 aliphatic heterocycles. The molecule has 0 heterocycles. The lowest BCUT2D eigenvalue weighted by Gasteiger charge is -2.05. The molecule has 0 bridgehead atoms. The van der Waals surface area contributed by atoms with Crippen molar-refractivity contribution in [3.8, 4) is 6.07 Å². The predicted molar refractivity (Wildman–Crippen MR) is 52.2 cm³/mol. The maximum absolute atomic E-state index is 11.3. The second-order valence-corrected chi connectivity index (χ2v) is 3.19. The Morgan fingerprint density at radius 2 is 2.21 bits per heavy atom. The normalized spacial score (nSPS) is 9.29. The van der Waals surface area contributed by atoms with E-state index in [1.807, 2.05) is 6.07 Å². The molecular formula is C10H8ClNO2. The van der Waals surface area contributed by atoms with Crippen LogP contribution in [0.4, 0.5) is 0 Å². The van der Waals surface area contributed by atoms with Gasteiger partial charge in [0.1, 0.15) is 6.07 Å². The topological polar surface area (TPSA) is 50.1 Å². The van der Waals surface area contributed by atoms with Gasteiger partial charge in [0, 0.05) is 5.02 Å². The molecule has 0 aromatic heterocycles. The Kier molecular flexibility index (Phi) is 3.10. The van der Waals surface area contributed by atoms with Crippen LogP contribution >= 0.6 is 11.6 Å². The first-order valence-electron chi connectivity index (χ1n) is 3.88.